The average Bonchev–Trinajstić information content (AvgIpc) is 2.59. The summed E-state index contributed by atoms with van der Waals surface area (Å²) in [5.41, 5.74) is 1.23. The number of benzene rings is 2. The Morgan fingerprint density at radius 3 is 2.52 bits per heavy atom. The number of nitrogens with one attached hydrogen (secondary N) is 2. The van der Waals surface area contributed by atoms with E-state index >= 15 is 0 Å². The van der Waals surface area contributed by atoms with E-state index in [0.717, 1.165) is 6.42 Å². The predicted octanol–water partition coefficient (Wildman–Crippen LogP) is 2.94. The van der Waals surface area contributed by atoms with Gasteiger partial charge in [0.2, 0.25) is 0 Å². The molecule has 7 heteroatoms. The zero-order chi connectivity index (χ0) is 18.4. The molecule has 25 heavy (non-hydrogen) atoms. The van der Waals surface area contributed by atoms with Crippen molar-refractivity contribution in [1.82, 2.24) is 5.32 Å². The van der Waals surface area contributed by atoms with Gasteiger partial charge < -0.3 is 10.1 Å². The maximum atomic E-state index is 12.7. The van der Waals surface area contributed by atoms with Gasteiger partial charge in [0.25, 0.3) is 15.9 Å². The fourth-order valence-corrected chi connectivity index (χ4v) is 3.49. The largest absolute Gasteiger partial charge is 0.496 e. The molecule has 0 aliphatic rings. The summed E-state index contributed by atoms with van der Waals surface area (Å²) in [5, 5.41) is 2.75. The fourth-order valence-electron chi connectivity index (χ4n) is 2.33. The topological polar surface area (TPSA) is 84.5 Å². The van der Waals surface area contributed by atoms with Gasteiger partial charge >= 0.3 is 0 Å². The number of rotatable bonds is 7. The predicted molar refractivity (Wildman–Crippen MR) is 97.6 cm³/mol. The molecule has 1 amide bonds. The lowest BCUT2D eigenvalue weighted by Crippen LogP contribution is -2.25. The number of hydrogen-bond donors (Lipinski definition) is 2. The number of hydrogen-bond acceptors (Lipinski definition) is 4. The molecule has 0 radical (unpaired) electrons. The lowest BCUT2D eigenvalue weighted by molar-refractivity contribution is 0.0954. The number of methoxy groups -OCH3 is 1. The normalized spacial score (nSPS) is 11.0. The summed E-state index contributed by atoms with van der Waals surface area (Å²) in [5.74, 6) is 0.296. The van der Waals surface area contributed by atoms with Crippen LogP contribution in [-0.2, 0) is 10.0 Å². The van der Waals surface area contributed by atoms with Crippen molar-refractivity contribution in [3.63, 3.8) is 0 Å². The van der Waals surface area contributed by atoms with Gasteiger partial charge in [-0.3, -0.25) is 9.52 Å². The average molecular weight is 362 g/mol. The second kappa shape index (κ2) is 8.02. The first kappa shape index (κ1) is 18.8. The SMILES string of the molecule is CCCNC(=O)c1ccccc1NS(=O)(=O)c1ccc(OC)c(C)c1. The number of carbonyl (C=O) groups excluding carboxylic acids is 1. The molecule has 0 aliphatic heterocycles. The van der Waals surface area contributed by atoms with Crippen LogP contribution in [-0.4, -0.2) is 28.0 Å². The number of ether oxygens (including phenoxy) is 1. The van der Waals surface area contributed by atoms with Crippen LogP contribution in [0.4, 0.5) is 5.69 Å². The van der Waals surface area contributed by atoms with Crippen LogP contribution in [0.5, 0.6) is 5.75 Å². The third kappa shape index (κ3) is 4.51. The molecule has 2 aromatic rings. The van der Waals surface area contributed by atoms with Crippen LogP contribution in [0.25, 0.3) is 0 Å². The summed E-state index contributed by atoms with van der Waals surface area (Å²) in [4.78, 5) is 12.3. The minimum Gasteiger partial charge on any atom is -0.496 e. The van der Waals surface area contributed by atoms with Gasteiger partial charge in [-0.2, -0.15) is 0 Å². The van der Waals surface area contributed by atoms with Crippen LogP contribution in [0.3, 0.4) is 0 Å². The van der Waals surface area contributed by atoms with Crippen molar-refractivity contribution in [2.75, 3.05) is 18.4 Å². The second-order valence-electron chi connectivity index (χ2n) is 5.54. The van der Waals surface area contributed by atoms with E-state index in [4.69, 9.17) is 4.74 Å². The monoisotopic (exact) mass is 362 g/mol. The molecule has 0 bridgehead atoms. The number of aryl methyl sites for hydroxylation is 1. The van der Waals surface area contributed by atoms with E-state index in [0.29, 0.717) is 17.9 Å². The molecule has 2 aromatic carbocycles. The summed E-state index contributed by atoms with van der Waals surface area (Å²) >= 11 is 0. The Hall–Kier alpha value is -2.54. The molecule has 0 spiro atoms. The highest BCUT2D eigenvalue weighted by Crippen LogP contribution is 2.24. The van der Waals surface area contributed by atoms with Crippen molar-refractivity contribution in [2.24, 2.45) is 0 Å². The number of para-hydroxylation sites is 1. The van der Waals surface area contributed by atoms with E-state index in [2.05, 4.69) is 10.0 Å². The van der Waals surface area contributed by atoms with Crippen molar-refractivity contribution in [1.29, 1.82) is 0 Å². The van der Waals surface area contributed by atoms with Crippen LogP contribution in [0.15, 0.2) is 47.4 Å². The lowest BCUT2D eigenvalue weighted by Gasteiger charge is -2.13. The molecule has 2 N–H and O–H groups in total. The first-order chi connectivity index (χ1) is 11.9. The van der Waals surface area contributed by atoms with E-state index < -0.39 is 10.0 Å². The van der Waals surface area contributed by atoms with Crippen molar-refractivity contribution < 1.29 is 17.9 Å². The molecule has 0 heterocycles. The minimum atomic E-state index is -3.82. The van der Waals surface area contributed by atoms with Crippen LogP contribution in [0, 0.1) is 6.92 Å². The van der Waals surface area contributed by atoms with E-state index in [-0.39, 0.29) is 22.1 Å². The number of carbonyl (C=O) groups is 1. The molecule has 0 fully saturated rings. The van der Waals surface area contributed by atoms with Gasteiger partial charge in [0, 0.05) is 6.54 Å². The molecule has 0 saturated heterocycles. The highest BCUT2D eigenvalue weighted by molar-refractivity contribution is 7.92. The number of amides is 1. The van der Waals surface area contributed by atoms with Crippen molar-refractivity contribution >= 4 is 21.6 Å². The number of sulfonamides is 1. The van der Waals surface area contributed by atoms with Crippen molar-refractivity contribution in [3.05, 3.63) is 53.6 Å². The van der Waals surface area contributed by atoms with E-state index in [1.165, 1.54) is 19.2 Å². The first-order valence-corrected chi connectivity index (χ1v) is 9.42. The molecule has 0 aliphatic carbocycles. The Morgan fingerprint density at radius 1 is 1.16 bits per heavy atom. The fraction of sp³-hybridized carbons (Fsp3) is 0.278. The Balaban J connectivity index is 2.32. The van der Waals surface area contributed by atoms with Gasteiger partial charge in [0.1, 0.15) is 5.75 Å². The number of anilines is 1. The van der Waals surface area contributed by atoms with Gasteiger partial charge in [0.15, 0.2) is 0 Å². The third-order valence-electron chi connectivity index (χ3n) is 3.63. The smallest absolute Gasteiger partial charge is 0.261 e. The molecular formula is C18H22N2O4S. The molecule has 2 rings (SSSR count). The van der Waals surface area contributed by atoms with Crippen molar-refractivity contribution in [2.45, 2.75) is 25.2 Å². The third-order valence-corrected chi connectivity index (χ3v) is 4.99. The second-order valence-corrected chi connectivity index (χ2v) is 7.22. The van der Waals surface area contributed by atoms with Gasteiger partial charge in [-0.05, 0) is 49.2 Å². The van der Waals surface area contributed by atoms with Gasteiger partial charge in [-0.1, -0.05) is 19.1 Å². The highest BCUT2D eigenvalue weighted by atomic mass is 32.2. The Labute approximate surface area is 148 Å². The molecule has 0 aromatic heterocycles. The molecule has 0 atom stereocenters. The summed E-state index contributed by atoms with van der Waals surface area (Å²) in [7, 11) is -2.30. The standard InChI is InChI=1S/C18H22N2O4S/c1-4-11-19-18(21)15-7-5-6-8-16(15)20-25(22,23)14-9-10-17(24-3)13(2)12-14/h5-10,12,20H,4,11H2,1-3H3,(H,19,21). The van der Waals surface area contributed by atoms with Crippen LogP contribution in [0.2, 0.25) is 0 Å². The summed E-state index contributed by atoms with van der Waals surface area (Å²) in [6.07, 6.45) is 0.796. The Morgan fingerprint density at radius 2 is 1.88 bits per heavy atom. The molecular weight excluding hydrogens is 340 g/mol. The van der Waals surface area contributed by atoms with Crippen molar-refractivity contribution in [3.8, 4) is 5.75 Å². The zero-order valence-corrected chi connectivity index (χ0v) is 15.3. The van der Waals surface area contributed by atoms with E-state index in [1.54, 1.807) is 37.3 Å². The zero-order valence-electron chi connectivity index (χ0n) is 14.5. The summed E-state index contributed by atoms with van der Waals surface area (Å²) < 4.78 is 33.0. The maximum Gasteiger partial charge on any atom is 0.261 e. The molecule has 134 valence electrons. The van der Waals surface area contributed by atoms with Crippen LogP contribution in [0.1, 0.15) is 29.3 Å². The van der Waals surface area contributed by atoms with Gasteiger partial charge in [-0.15, -0.1) is 0 Å². The Kier molecular flexibility index (Phi) is 6.03. The maximum absolute atomic E-state index is 12.7. The minimum absolute atomic E-state index is 0.106. The van der Waals surface area contributed by atoms with Gasteiger partial charge in [-0.25, -0.2) is 8.42 Å². The summed E-state index contributed by atoms with van der Waals surface area (Å²) in [6.45, 7) is 4.24. The molecule has 0 saturated carbocycles. The van der Waals surface area contributed by atoms with E-state index in [9.17, 15) is 13.2 Å². The van der Waals surface area contributed by atoms with Crippen LogP contribution >= 0.6 is 0 Å². The molecule has 6 nitrogen and oxygen atoms in total. The van der Waals surface area contributed by atoms with E-state index in [1.807, 2.05) is 6.92 Å². The highest BCUT2D eigenvalue weighted by Gasteiger charge is 2.19. The lowest BCUT2D eigenvalue weighted by atomic mass is 10.1. The first-order valence-electron chi connectivity index (χ1n) is 7.93. The Bertz CT molecular complexity index is 863. The summed E-state index contributed by atoms with van der Waals surface area (Å²) in [6, 6.07) is 11.1. The molecule has 0 unspecified atom stereocenters. The van der Waals surface area contributed by atoms with Crippen LogP contribution < -0.4 is 14.8 Å². The van der Waals surface area contributed by atoms with Gasteiger partial charge in [0.05, 0.1) is 23.3 Å². The quantitative estimate of drug-likeness (QED) is 0.793.